The molecular weight excluding hydrogens is 374 g/mol. The van der Waals surface area contributed by atoms with Gasteiger partial charge in [0, 0.05) is 51.9 Å². The molecule has 0 spiro atoms. The molecule has 4 aromatic rings. The minimum atomic E-state index is 0.258. The zero-order valence-corrected chi connectivity index (χ0v) is 17.8. The molecule has 0 bridgehead atoms. The molecule has 2 heterocycles. The maximum atomic E-state index is 12.4. The predicted octanol–water partition coefficient (Wildman–Crippen LogP) is 5.31. The summed E-state index contributed by atoms with van der Waals surface area (Å²) in [5.41, 5.74) is 5.46. The number of aromatic nitrogens is 2. The third-order valence-corrected chi connectivity index (χ3v) is 6.60. The number of ketones is 1. The van der Waals surface area contributed by atoms with Crippen LogP contribution in [0, 0.1) is 0 Å². The van der Waals surface area contributed by atoms with Crippen LogP contribution in [0.5, 0.6) is 0 Å². The number of benzene rings is 2. The average molecular weight is 402 g/mol. The Hall–Kier alpha value is -2.92. The Bertz CT molecular complexity index is 1230. The molecule has 1 aliphatic rings. The van der Waals surface area contributed by atoms with Crippen LogP contribution in [0.4, 0.5) is 0 Å². The van der Waals surface area contributed by atoms with Gasteiger partial charge in [-0.05, 0) is 62.3 Å². The van der Waals surface area contributed by atoms with Gasteiger partial charge in [0.15, 0.2) is 5.78 Å². The maximum Gasteiger partial charge on any atom is 0.225 e. The van der Waals surface area contributed by atoms with Crippen LogP contribution in [0.3, 0.4) is 0 Å². The van der Waals surface area contributed by atoms with Crippen LogP contribution in [0.2, 0.25) is 0 Å². The molecule has 0 fully saturated rings. The van der Waals surface area contributed by atoms with Gasteiger partial charge in [0.05, 0.1) is 6.20 Å². The van der Waals surface area contributed by atoms with E-state index in [0.717, 1.165) is 37.2 Å². The SMILES string of the molecule is CCN(CC)C(C)Cn1c2ccc(-c3ncco3)cc2c2c3c(ccc21)C(=O)CC3. The van der Waals surface area contributed by atoms with Crippen molar-refractivity contribution < 1.29 is 9.21 Å². The second-order valence-corrected chi connectivity index (χ2v) is 8.16. The second-order valence-electron chi connectivity index (χ2n) is 8.16. The number of likely N-dealkylation sites (N-methyl/N-ethyl adjacent to an activating group) is 1. The van der Waals surface area contributed by atoms with Crippen LogP contribution in [0.25, 0.3) is 33.3 Å². The first-order valence-electron chi connectivity index (χ1n) is 10.9. The fraction of sp³-hybridized carbons (Fsp3) is 0.360. The Labute approximate surface area is 176 Å². The number of hydrogen-bond donors (Lipinski definition) is 0. The van der Waals surface area contributed by atoms with E-state index >= 15 is 0 Å². The summed E-state index contributed by atoms with van der Waals surface area (Å²) in [4.78, 5) is 19.2. The van der Waals surface area contributed by atoms with Crippen molar-refractivity contribution in [2.24, 2.45) is 0 Å². The summed E-state index contributed by atoms with van der Waals surface area (Å²) in [6.07, 6.45) is 4.70. The fourth-order valence-electron chi connectivity index (χ4n) is 5.08. The van der Waals surface area contributed by atoms with Gasteiger partial charge in [-0.15, -0.1) is 0 Å². The molecule has 5 nitrogen and oxygen atoms in total. The first-order valence-corrected chi connectivity index (χ1v) is 10.9. The molecule has 1 atom stereocenters. The molecule has 0 amide bonds. The molecule has 5 heteroatoms. The molecule has 1 unspecified atom stereocenters. The number of rotatable bonds is 6. The first kappa shape index (κ1) is 19.1. The highest BCUT2D eigenvalue weighted by Crippen LogP contribution is 2.38. The van der Waals surface area contributed by atoms with E-state index in [4.69, 9.17) is 4.42 Å². The van der Waals surface area contributed by atoms with Crippen molar-refractivity contribution in [3.63, 3.8) is 0 Å². The molecule has 0 aliphatic heterocycles. The summed E-state index contributed by atoms with van der Waals surface area (Å²) in [6.45, 7) is 9.70. The Morgan fingerprint density at radius 2 is 1.93 bits per heavy atom. The van der Waals surface area contributed by atoms with Gasteiger partial charge in [-0.25, -0.2) is 4.98 Å². The van der Waals surface area contributed by atoms with Crippen LogP contribution in [-0.2, 0) is 13.0 Å². The normalized spacial score (nSPS) is 14.9. The summed E-state index contributed by atoms with van der Waals surface area (Å²) in [5, 5.41) is 2.40. The average Bonchev–Trinajstić information content (AvgIpc) is 3.48. The van der Waals surface area contributed by atoms with E-state index in [-0.39, 0.29) is 5.78 Å². The lowest BCUT2D eigenvalue weighted by atomic mass is 10.0. The van der Waals surface area contributed by atoms with Crippen LogP contribution in [0.15, 0.2) is 47.2 Å². The molecular formula is C25H27N3O2. The fourth-order valence-corrected chi connectivity index (χ4v) is 5.08. The lowest BCUT2D eigenvalue weighted by Crippen LogP contribution is -2.35. The van der Waals surface area contributed by atoms with Gasteiger partial charge in [0.25, 0.3) is 0 Å². The highest BCUT2D eigenvalue weighted by atomic mass is 16.3. The number of carbonyl (C=O) groups excluding carboxylic acids is 1. The van der Waals surface area contributed by atoms with Gasteiger partial charge in [-0.2, -0.15) is 0 Å². The molecule has 0 radical (unpaired) electrons. The highest BCUT2D eigenvalue weighted by molar-refractivity contribution is 6.15. The molecule has 30 heavy (non-hydrogen) atoms. The van der Waals surface area contributed by atoms with E-state index in [0.29, 0.717) is 18.4 Å². The first-order chi connectivity index (χ1) is 14.6. The lowest BCUT2D eigenvalue weighted by Gasteiger charge is -2.27. The number of aryl methyl sites for hydroxylation is 1. The lowest BCUT2D eigenvalue weighted by molar-refractivity contribution is 0.0994. The number of nitrogens with zero attached hydrogens (tertiary/aromatic N) is 3. The molecule has 0 saturated heterocycles. The van der Waals surface area contributed by atoms with Gasteiger partial charge >= 0.3 is 0 Å². The molecule has 0 N–H and O–H groups in total. The second kappa shape index (κ2) is 7.40. The van der Waals surface area contributed by atoms with Crippen LogP contribution < -0.4 is 0 Å². The summed E-state index contributed by atoms with van der Waals surface area (Å²) >= 11 is 0. The zero-order chi connectivity index (χ0) is 20.8. The Balaban J connectivity index is 1.76. The van der Waals surface area contributed by atoms with Crippen LogP contribution >= 0.6 is 0 Å². The third kappa shape index (κ3) is 2.88. The van der Waals surface area contributed by atoms with Crippen molar-refractivity contribution in [3.8, 4) is 11.5 Å². The molecule has 0 saturated carbocycles. The number of hydrogen-bond acceptors (Lipinski definition) is 4. The maximum absolute atomic E-state index is 12.4. The quantitative estimate of drug-likeness (QED) is 0.439. The van der Waals surface area contributed by atoms with Crippen molar-refractivity contribution in [1.29, 1.82) is 0 Å². The van der Waals surface area contributed by atoms with Crippen molar-refractivity contribution >= 4 is 27.6 Å². The van der Waals surface area contributed by atoms with E-state index in [1.807, 2.05) is 6.07 Å². The number of fused-ring (bicyclic) bond motifs is 5. The summed E-state index contributed by atoms with van der Waals surface area (Å²) < 4.78 is 7.97. The van der Waals surface area contributed by atoms with E-state index in [2.05, 4.69) is 59.5 Å². The topological polar surface area (TPSA) is 51.3 Å². The largest absolute Gasteiger partial charge is 0.445 e. The molecule has 2 aromatic carbocycles. The predicted molar refractivity (Wildman–Crippen MR) is 120 cm³/mol. The van der Waals surface area contributed by atoms with Crippen molar-refractivity contribution in [2.75, 3.05) is 13.1 Å². The number of Topliss-reactive ketones (excluding diaryl/α,β-unsaturated/α-hetero) is 1. The van der Waals surface area contributed by atoms with E-state index in [1.54, 1.807) is 12.5 Å². The minimum Gasteiger partial charge on any atom is -0.445 e. The Morgan fingerprint density at radius 3 is 2.67 bits per heavy atom. The monoisotopic (exact) mass is 401 g/mol. The third-order valence-electron chi connectivity index (χ3n) is 6.60. The van der Waals surface area contributed by atoms with E-state index < -0.39 is 0 Å². The summed E-state index contributed by atoms with van der Waals surface area (Å²) in [7, 11) is 0. The van der Waals surface area contributed by atoms with E-state index in [9.17, 15) is 4.79 Å². The van der Waals surface area contributed by atoms with Crippen molar-refractivity contribution in [1.82, 2.24) is 14.5 Å². The van der Waals surface area contributed by atoms with Crippen LogP contribution in [-0.4, -0.2) is 39.4 Å². The number of oxazole rings is 1. The Kier molecular flexibility index (Phi) is 4.70. The summed E-state index contributed by atoms with van der Waals surface area (Å²) in [5.74, 6) is 0.881. The van der Waals surface area contributed by atoms with E-state index in [1.165, 1.54) is 27.4 Å². The highest BCUT2D eigenvalue weighted by Gasteiger charge is 2.26. The van der Waals surface area contributed by atoms with Gasteiger partial charge in [0.1, 0.15) is 6.26 Å². The smallest absolute Gasteiger partial charge is 0.225 e. The standard InChI is InChI=1S/C25H27N3O2/c1-4-27(5-2)16(3)15-28-21-9-6-17(25-26-12-13-30-25)14-20(21)24-19-8-11-23(29)18(19)7-10-22(24)28/h6-7,9-10,12-14,16H,4-5,8,11,15H2,1-3H3. The van der Waals surface area contributed by atoms with Crippen LogP contribution in [0.1, 0.15) is 43.1 Å². The van der Waals surface area contributed by atoms with Gasteiger partial charge in [-0.1, -0.05) is 13.8 Å². The molecule has 2 aromatic heterocycles. The van der Waals surface area contributed by atoms with Crippen molar-refractivity contribution in [3.05, 3.63) is 53.9 Å². The summed E-state index contributed by atoms with van der Waals surface area (Å²) in [6, 6.07) is 11.0. The Morgan fingerprint density at radius 1 is 1.13 bits per heavy atom. The molecule has 1 aliphatic carbocycles. The van der Waals surface area contributed by atoms with Gasteiger partial charge in [-0.3, -0.25) is 9.69 Å². The van der Waals surface area contributed by atoms with Crippen molar-refractivity contribution in [2.45, 2.75) is 46.2 Å². The zero-order valence-electron chi connectivity index (χ0n) is 17.8. The molecule has 5 rings (SSSR count). The van der Waals surface area contributed by atoms with Gasteiger partial charge < -0.3 is 8.98 Å². The molecule has 154 valence electrons. The number of carbonyl (C=O) groups is 1. The van der Waals surface area contributed by atoms with Gasteiger partial charge in [0.2, 0.25) is 5.89 Å². The minimum absolute atomic E-state index is 0.258.